The van der Waals surface area contributed by atoms with E-state index in [9.17, 15) is 9.90 Å². The van der Waals surface area contributed by atoms with Gasteiger partial charge in [-0.25, -0.2) is 4.79 Å². The van der Waals surface area contributed by atoms with E-state index >= 15 is 0 Å². The van der Waals surface area contributed by atoms with E-state index in [-0.39, 0.29) is 38.3 Å². The van der Waals surface area contributed by atoms with Crippen LogP contribution in [0.1, 0.15) is 5.56 Å². The van der Waals surface area contributed by atoms with Crippen LogP contribution in [0.15, 0.2) is 48.7 Å². The van der Waals surface area contributed by atoms with E-state index in [1.54, 1.807) is 36.4 Å². The summed E-state index contributed by atoms with van der Waals surface area (Å²) in [5.74, 6) is 0.252. The second-order valence-electron chi connectivity index (χ2n) is 4.01. The molecule has 0 fully saturated rings. The maximum atomic E-state index is 11.7. The van der Waals surface area contributed by atoms with Crippen molar-refractivity contribution in [2.45, 2.75) is 0 Å². The van der Waals surface area contributed by atoms with Crippen LogP contribution in [-0.4, -0.2) is 18.2 Å². The Bertz CT molecular complexity index is 671. The number of aliphatic hydroxyl groups excluding tert-OH is 1. The molecule has 0 unspecified atom stereocenters. The van der Waals surface area contributed by atoms with E-state index in [1.165, 1.54) is 13.2 Å². The van der Waals surface area contributed by atoms with Gasteiger partial charge in [0.1, 0.15) is 11.3 Å². The van der Waals surface area contributed by atoms with E-state index in [2.05, 4.69) is 10.8 Å². The van der Waals surface area contributed by atoms with E-state index in [4.69, 9.17) is 16.3 Å². The molecule has 0 amide bonds. The Morgan fingerprint density at radius 1 is 1.27 bits per heavy atom. The van der Waals surface area contributed by atoms with Crippen molar-refractivity contribution < 1.29 is 52.1 Å². The molecule has 2 aromatic carbocycles. The number of benzene rings is 2. The molecule has 1 radical (unpaired) electrons. The third kappa shape index (κ3) is 4.57. The zero-order chi connectivity index (χ0) is 15.2. The van der Waals surface area contributed by atoms with Crippen molar-refractivity contribution in [3.8, 4) is 11.5 Å². The Balaban J connectivity index is 0.00000242. The molecule has 0 aromatic heterocycles. The van der Waals surface area contributed by atoms with Gasteiger partial charge in [0, 0.05) is 49.0 Å². The van der Waals surface area contributed by atoms with Crippen LogP contribution in [0.5, 0.6) is 11.5 Å². The van der Waals surface area contributed by atoms with Gasteiger partial charge in [0.2, 0.25) is 0 Å². The van der Waals surface area contributed by atoms with Gasteiger partial charge in [0.15, 0.2) is 0 Å². The summed E-state index contributed by atoms with van der Waals surface area (Å²) in [5, 5.41) is 9.70. The fourth-order valence-corrected chi connectivity index (χ4v) is 1.88. The van der Waals surface area contributed by atoms with Crippen LogP contribution >= 0.6 is 11.6 Å². The topological polar surface area (TPSA) is 55.8 Å². The smallest absolute Gasteiger partial charge is 0.341 e. The van der Waals surface area contributed by atoms with Gasteiger partial charge in [-0.05, 0) is 18.2 Å². The van der Waals surface area contributed by atoms with Gasteiger partial charge in [-0.2, -0.15) is 18.2 Å². The molecule has 6 heteroatoms. The van der Waals surface area contributed by atoms with Crippen LogP contribution < -0.4 is 4.74 Å². The maximum Gasteiger partial charge on any atom is 0.341 e. The Morgan fingerprint density at radius 2 is 1.95 bits per heavy atom. The zero-order valence-electron chi connectivity index (χ0n) is 11.7. The second-order valence-corrected chi connectivity index (χ2v) is 4.45. The molecule has 22 heavy (non-hydrogen) atoms. The average molecular weight is 393 g/mol. The van der Waals surface area contributed by atoms with Crippen LogP contribution in [0.25, 0.3) is 5.57 Å². The molecule has 0 saturated carbocycles. The number of carbonyl (C=O) groups excluding carboxylic acids is 1. The Hall–Kier alpha value is -1.36. The molecule has 4 nitrogen and oxygen atoms in total. The number of hydrogen-bond acceptors (Lipinski definition) is 4. The van der Waals surface area contributed by atoms with Gasteiger partial charge in [0.05, 0.1) is 13.4 Å². The Labute approximate surface area is 158 Å². The molecule has 0 saturated heterocycles. The molecular weight excluding hydrogens is 381 g/mol. The standard InChI is InChI=1S/C16H12ClO4.Y/c1-20-16(19)14(10-18)13-9-11(17)7-8-15(13)21-12-5-3-2-4-6-12;/h3-10,18H,1H3;/q-1;. The monoisotopic (exact) mass is 392 g/mol. The van der Waals surface area contributed by atoms with Gasteiger partial charge < -0.3 is 14.6 Å². The molecule has 0 aliphatic carbocycles. The van der Waals surface area contributed by atoms with Gasteiger partial charge in [-0.15, -0.1) is 12.1 Å². The number of ether oxygens (including phenoxy) is 2. The number of aliphatic hydroxyl groups is 1. The maximum absolute atomic E-state index is 11.7. The molecule has 0 aliphatic heterocycles. The summed E-state index contributed by atoms with van der Waals surface area (Å²) in [6.07, 6.45) is 0.670. The summed E-state index contributed by atoms with van der Waals surface area (Å²) in [5.41, 5.74) is 0.294. The number of methoxy groups -OCH3 is 1. The molecule has 0 atom stereocenters. The van der Waals surface area contributed by atoms with E-state index in [0.717, 1.165) is 0 Å². The van der Waals surface area contributed by atoms with Gasteiger partial charge >= 0.3 is 5.97 Å². The van der Waals surface area contributed by atoms with Gasteiger partial charge in [-0.1, -0.05) is 11.6 Å². The van der Waals surface area contributed by atoms with Crippen molar-refractivity contribution >= 4 is 23.1 Å². The predicted molar refractivity (Wildman–Crippen MR) is 79.4 cm³/mol. The minimum atomic E-state index is -0.689. The van der Waals surface area contributed by atoms with Crippen molar-refractivity contribution in [2.24, 2.45) is 0 Å². The summed E-state index contributed by atoms with van der Waals surface area (Å²) in [4.78, 5) is 11.7. The molecule has 0 spiro atoms. The predicted octanol–water partition coefficient (Wildman–Crippen LogP) is 4.00. The van der Waals surface area contributed by atoms with E-state index in [1.807, 2.05) is 0 Å². The van der Waals surface area contributed by atoms with Crippen LogP contribution in [0, 0.1) is 6.07 Å². The van der Waals surface area contributed by atoms with Crippen molar-refractivity contribution in [3.63, 3.8) is 0 Å². The first-order valence-corrected chi connectivity index (χ1v) is 6.40. The third-order valence-electron chi connectivity index (χ3n) is 2.68. The summed E-state index contributed by atoms with van der Waals surface area (Å²) in [7, 11) is 1.23. The van der Waals surface area contributed by atoms with Gasteiger partial charge in [0.25, 0.3) is 0 Å². The Kier molecular flexibility index (Phi) is 7.59. The third-order valence-corrected chi connectivity index (χ3v) is 2.92. The number of hydrogen-bond donors (Lipinski definition) is 1. The molecule has 0 heterocycles. The summed E-state index contributed by atoms with van der Waals surface area (Å²) in [6, 6.07) is 14.5. The Morgan fingerprint density at radius 3 is 2.55 bits per heavy atom. The summed E-state index contributed by atoms with van der Waals surface area (Å²) < 4.78 is 10.3. The number of carbonyl (C=O) groups is 1. The first-order chi connectivity index (χ1) is 10.2. The van der Waals surface area contributed by atoms with Crippen LogP contribution in [0.2, 0.25) is 5.02 Å². The molecule has 0 aliphatic rings. The van der Waals surface area contributed by atoms with Gasteiger partial charge in [-0.3, -0.25) is 0 Å². The largest absolute Gasteiger partial charge is 0.515 e. The minimum Gasteiger partial charge on any atom is -0.515 e. The van der Waals surface area contributed by atoms with Crippen molar-refractivity contribution in [1.82, 2.24) is 0 Å². The van der Waals surface area contributed by atoms with E-state index < -0.39 is 5.97 Å². The first kappa shape index (κ1) is 18.7. The number of halogens is 1. The second kappa shape index (κ2) is 8.94. The summed E-state index contributed by atoms with van der Waals surface area (Å²) in [6.45, 7) is 0. The zero-order valence-corrected chi connectivity index (χ0v) is 15.3. The minimum absolute atomic E-state index is 0. The molecule has 2 rings (SSSR count). The molecular formula is C16H12ClO4Y-. The fourth-order valence-electron chi connectivity index (χ4n) is 1.71. The van der Waals surface area contributed by atoms with E-state index in [0.29, 0.717) is 28.3 Å². The SMILES string of the molecule is COC(=O)C(=CO)c1cc(Cl)ccc1Oc1cc[c-]cc1.[Y]. The average Bonchev–Trinajstić information content (AvgIpc) is 2.51. The van der Waals surface area contributed by atoms with Crippen molar-refractivity contribution in [1.29, 1.82) is 0 Å². The quantitative estimate of drug-likeness (QED) is 0.370. The summed E-state index contributed by atoms with van der Waals surface area (Å²) >= 11 is 5.95. The number of rotatable bonds is 4. The van der Waals surface area contributed by atoms with Crippen molar-refractivity contribution in [3.05, 3.63) is 65.4 Å². The first-order valence-electron chi connectivity index (χ1n) is 6.02. The van der Waals surface area contributed by atoms with Crippen LogP contribution in [0.4, 0.5) is 0 Å². The molecule has 2 aromatic rings. The fraction of sp³-hybridized carbons (Fsp3) is 0.0625. The van der Waals surface area contributed by atoms with Crippen LogP contribution in [0.3, 0.4) is 0 Å². The van der Waals surface area contributed by atoms with Crippen LogP contribution in [-0.2, 0) is 42.2 Å². The molecule has 1 N–H and O–H groups in total. The molecule has 111 valence electrons. The molecule has 0 bridgehead atoms. The van der Waals surface area contributed by atoms with Crippen molar-refractivity contribution in [2.75, 3.05) is 7.11 Å². The normalized spacial score (nSPS) is 10.5. The number of esters is 1.